The van der Waals surface area contributed by atoms with Crippen LogP contribution in [0.2, 0.25) is 0 Å². The molecule has 0 atom stereocenters. The summed E-state index contributed by atoms with van der Waals surface area (Å²) in [6, 6.07) is 4.00. The zero-order valence-corrected chi connectivity index (χ0v) is 9.38. The van der Waals surface area contributed by atoms with Crippen LogP contribution in [0, 0.1) is 5.82 Å². The second-order valence-corrected chi connectivity index (χ2v) is 3.59. The molecule has 0 fully saturated rings. The molecule has 15 heavy (non-hydrogen) atoms. The maximum Gasteiger partial charge on any atom is 0.351 e. The molecule has 4 nitrogen and oxygen atoms in total. The van der Waals surface area contributed by atoms with Crippen molar-refractivity contribution < 1.29 is 14.3 Å². The van der Waals surface area contributed by atoms with Gasteiger partial charge in [0.1, 0.15) is 11.5 Å². The number of nitrogens with one attached hydrogen (secondary N) is 1. The monoisotopic (exact) mass is 274 g/mol. The molecular formula is C9H8BrFN2O2. The highest BCUT2D eigenvalue weighted by atomic mass is 79.9. The van der Waals surface area contributed by atoms with Crippen LogP contribution in [0.3, 0.4) is 0 Å². The standard InChI is InChI=1S/C9H8BrFN2O2/c1-5(9(14)15)12-13-8-4-6(11)2-3-7(8)10/h2-4,13H,1H3,(H,14,15)/b12-5-. The van der Waals surface area contributed by atoms with E-state index in [4.69, 9.17) is 5.11 Å². The van der Waals surface area contributed by atoms with Crippen LogP contribution < -0.4 is 5.43 Å². The minimum atomic E-state index is -1.13. The van der Waals surface area contributed by atoms with Crippen molar-refractivity contribution in [2.75, 3.05) is 5.43 Å². The number of hydrazone groups is 1. The van der Waals surface area contributed by atoms with Gasteiger partial charge in [-0.2, -0.15) is 5.10 Å². The van der Waals surface area contributed by atoms with Crippen LogP contribution in [0.25, 0.3) is 0 Å². The van der Waals surface area contributed by atoms with Gasteiger partial charge in [0.15, 0.2) is 0 Å². The lowest BCUT2D eigenvalue weighted by atomic mass is 10.3. The van der Waals surface area contributed by atoms with E-state index in [0.29, 0.717) is 10.2 Å². The number of carbonyl (C=O) groups is 1. The summed E-state index contributed by atoms with van der Waals surface area (Å²) in [5.74, 6) is -1.56. The molecule has 0 aliphatic heterocycles. The second-order valence-electron chi connectivity index (χ2n) is 2.74. The molecule has 80 valence electrons. The van der Waals surface area contributed by atoms with Gasteiger partial charge in [0.2, 0.25) is 0 Å². The van der Waals surface area contributed by atoms with Gasteiger partial charge in [-0.05, 0) is 41.1 Å². The fourth-order valence-corrected chi connectivity index (χ4v) is 1.11. The Bertz CT molecular complexity index is 421. The van der Waals surface area contributed by atoms with Crippen molar-refractivity contribution in [2.45, 2.75) is 6.92 Å². The van der Waals surface area contributed by atoms with E-state index in [1.54, 1.807) is 0 Å². The summed E-state index contributed by atoms with van der Waals surface area (Å²) < 4.78 is 13.4. The Balaban J connectivity index is 2.86. The zero-order valence-electron chi connectivity index (χ0n) is 7.79. The predicted molar refractivity (Wildman–Crippen MR) is 58.5 cm³/mol. The molecule has 0 amide bonds. The summed E-state index contributed by atoms with van der Waals surface area (Å²) in [6.45, 7) is 1.34. The van der Waals surface area contributed by atoms with Crippen LogP contribution in [0.5, 0.6) is 0 Å². The number of hydrogen-bond acceptors (Lipinski definition) is 3. The molecule has 0 radical (unpaired) electrons. The Hall–Kier alpha value is -1.43. The fourth-order valence-electron chi connectivity index (χ4n) is 0.775. The first-order valence-corrected chi connectivity index (χ1v) is 4.78. The van der Waals surface area contributed by atoms with Crippen molar-refractivity contribution in [3.8, 4) is 0 Å². The summed E-state index contributed by atoms with van der Waals surface area (Å²) in [5, 5.41) is 12.1. The maximum absolute atomic E-state index is 12.8. The van der Waals surface area contributed by atoms with Gasteiger partial charge in [-0.15, -0.1) is 0 Å². The lowest BCUT2D eigenvalue weighted by molar-refractivity contribution is -0.129. The SMILES string of the molecule is C/C(=N/Nc1cc(F)ccc1Br)C(=O)O. The van der Waals surface area contributed by atoms with Crippen LogP contribution in [-0.4, -0.2) is 16.8 Å². The number of aliphatic carboxylic acids is 1. The third-order valence-corrected chi connectivity index (χ3v) is 2.27. The maximum atomic E-state index is 12.8. The Labute approximate surface area is 93.9 Å². The normalized spacial score (nSPS) is 11.3. The first-order chi connectivity index (χ1) is 7.00. The minimum Gasteiger partial charge on any atom is -0.477 e. The number of benzene rings is 1. The molecule has 0 aliphatic carbocycles. The van der Waals surface area contributed by atoms with E-state index in [9.17, 15) is 9.18 Å². The number of carboxylic acids is 1. The van der Waals surface area contributed by atoms with E-state index in [-0.39, 0.29) is 5.71 Å². The van der Waals surface area contributed by atoms with Crippen molar-refractivity contribution in [1.29, 1.82) is 0 Å². The molecule has 2 N–H and O–H groups in total. The highest BCUT2D eigenvalue weighted by Gasteiger charge is 2.03. The highest BCUT2D eigenvalue weighted by Crippen LogP contribution is 2.22. The number of nitrogens with zero attached hydrogens (tertiary/aromatic N) is 1. The third-order valence-electron chi connectivity index (χ3n) is 1.58. The molecule has 0 bridgehead atoms. The number of halogens is 2. The molecule has 0 saturated heterocycles. The molecule has 0 aliphatic rings. The minimum absolute atomic E-state index is 0.105. The van der Waals surface area contributed by atoms with Gasteiger partial charge < -0.3 is 5.11 Å². The average Bonchev–Trinajstić information content (AvgIpc) is 2.18. The van der Waals surface area contributed by atoms with Gasteiger partial charge in [0.05, 0.1) is 5.69 Å². The molecule has 0 spiro atoms. The van der Waals surface area contributed by atoms with Gasteiger partial charge in [-0.1, -0.05) is 0 Å². The van der Waals surface area contributed by atoms with Gasteiger partial charge in [0.25, 0.3) is 0 Å². The summed E-state index contributed by atoms with van der Waals surface area (Å²) in [5.41, 5.74) is 2.72. The van der Waals surface area contributed by atoms with Crippen LogP contribution in [0.1, 0.15) is 6.92 Å². The van der Waals surface area contributed by atoms with Crippen molar-refractivity contribution in [3.63, 3.8) is 0 Å². The smallest absolute Gasteiger partial charge is 0.351 e. The van der Waals surface area contributed by atoms with E-state index in [1.165, 1.54) is 25.1 Å². The topological polar surface area (TPSA) is 61.7 Å². The first-order valence-electron chi connectivity index (χ1n) is 3.99. The zero-order chi connectivity index (χ0) is 11.4. The van der Waals surface area contributed by atoms with Crippen molar-refractivity contribution >= 4 is 33.3 Å². The molecule has 0 saturated carbocycles. The summed E-state index contributed by atoms with van der Waals surface area (Å²) in [7, 11) is 0. The van der Waals surface area contributed by atoms with Crippen molar-refractivity contribution in [2.24, 2.45) is 5.10 Å². The highest BCUT2D eigenvalue weighted by molar-refractivity contribution is 9.10. The molecule has 1 aromatic rings. The van der Waals surface area contributed by atoms with Gasteiger partial charge in [0, 0.05) is 4.47 Å². The summed E-state index contributed by atoms with van der Waals surface area (Å²) in [4.78, 5) is 10.4. The Morgan fingerprint density at radius 1 is 1.60 bits per heavy atom. The number of hydrogen-bond donors (Lipinski definition) is 2. The average molecular weight is 275 g/mol. The van der Waals surface area contributed by atoms with Gasteiger partial charge >= 0.3 is 5.97 Å². The van der Waals surface area contributed by atoms with E-state index in [2.05, 4.69) is 26.5 Å². The molecule has 1 rings (SSSR count). The third kappa shape index (κ3) is 3.32. The van der Waals surface area contributed by atoms with Crippen LogP contribution in [-0.2, 0) is 4.79 Å². The molecule has 0 heterocycles. The number of carboxylic acid groups (broad SMARTS) is 1. The van der Waals surface area contributed by atoms with Crippen LogP contribution >= 0.6 is 15.9 Å². The van der Waals surface area contributed by atoms with Gasteiger partial charge in [-0.3, -0.25) is 5.43 Å². The lowest BCUT2D eigenvalue weighted by Crippen LogP contribution is -2.10. The molecule has 0 aromatic heterocycles. The molecule has 1 aromatic carbocycles. The lowest BCUT2D eigenvalue weighted by Gasteiger charge is -2.03. The van der Waals surface area contributed by atoms with Gasteiger partial charge in [-0.25, -0.2) is 9.18 Å². The quantitative estimate of drug-likeness (QED) is 0.658. The first kappa shape index (κ1) is 11.6. The van der Waals surface area contributed by atoms with Crippen LogP contribution in [0.4, 0.5) is 10.1 Å². The summed E-state index contributed by atoms with van der Waals surface area (Å²) in [6.07, 6.45) is 0. The second kappa shape index (κ2) is 4.88. The fraction of sp³-hybridized carbons (Fsp3) is 0.111. The molecule has 0 unspecified atom stereocenters. The van der Waals surface area contributed by atoms with Crippen molar-refractivity contribution in [3.05, 3.63) is 28.5 Å². The Morgan fingerprint density at radius 3 is 2.87 bits per heavy atom. The molecular weight excluding hydrogens is 267 g/mol. The largest absolute Gasteiger partial charge is 0.477 e. The van der Waals surface area contributed by atoms with E-state index in [0.717, 1.165) is 0 Å². The number of rotatable bonds is 3. The van der Waals surface area contributed by atoms with Crippen LogP contribution in [0.15, 0.2) is 27.8 Å². The Morgan fingerprint density at radius 2 is 2.27 bits per heavy atom. The number of anilines is 1. The Kier molecular flexibility index (Phi) is 3.79. The van der Waals surface area contributed by atoms with E-state index in [1.807, 2.05) is 0 Å². The van der Waals surface area contributed by atoms with E-state index >= 15 is 0 Å². The van der Waals surface area contributed by atoms with Crippen molar-refractivity contribution in [1.82, 2.24) is 0 Å². The summed E-state index contributed by atoms with van der Waals surface area (Å²) >= 11 is 3.17. The predicted octanol–water partition coefficient (Wildman–Crippen LogP) is 2.46. The van der Waals surface area contributed by atoms with E-state index < -0.39 is 11.8 Å². The molecule has 6 heteroatoms.